The Kier molecular flexibility index (Phi) is 6.47. The Bertz CT molecular complexity index is 648. The summed E-state index contributed by atoms with van der Waals surface area (Å²) >= 11 is 0. The predicted molar refractivity (Wildman–Crippen MR) is 87.6 cm³/mol. The van der Waals surface area contributed by atoms with Crippen molar-refractivity contribution in [3.63, 3.8) is 0 Å². The van der Waals surface area contributed by atoms with E-state index in [1.807, 2.05) is 0 Å². The molecule has 0 unspecified atom stereocenters. The Morgan fingerprint density at radius 3 is 2.83 bits per heavy atom. The normalized spacial score (nSPS) is 10.3. The Hall–Kier alpha value is -2.50. The quantitative estimate of drug-likeness (QED) is 0.734. The van der Waals surface area contributed by atoms with E-state index in [2.05, 4.69) is 27.5 Å². The summed E-state index contributed by atoms with van der Waals surface area (Å²) in [6.45, 7) is 3.03. The van der Waals surface area contributed by atoms with Crippen LogP contribution in [0.4, 0.5) is 10.3 Å². The molecule has 2 rings (SSSR count). The molecule has 0 aliphatic carbocycles. The monoisotopic (exact) mass is 316 g/mol. The SMILES string of the molecule is CCCCCNc1nccc(C(=O)NCc2ccccc2F)n1. The Labute approximate surface area is 135 Å². The minimum atomic E-state index is -0.354. The maximum atomic E-state index is 13.5. The maximum Gasteiger partial charge on any atom is 0.270 e. The van der Waals surface area contributed by atoms with E-state index < -0.39 is 0 Å². The van der Waals surface area contributed by atoms with Crippen molar-refractivity contribution >= 4 is 11.9 Å². The van der Waals surface area contributed by atoms with Gasteiger partial charge in [-0.2, -0.15) is 0 Å². The van der Waals surface area contributed by atoms with Crippen molar-refractivity contribution < 1.29 is 9.18 Å². The van der Waals surface area contributed by atoms with Gasteiger partial charge in [-0.15, -0.1) is 0 Å². The number of hydrogen-bond acceptors (Lipinski definition) is 4. The average Bonchev–Trinajstić information content (AvgIpc) is 2.58. The van der Waals surface area contributed by atoms with Crippen LogP contribution in [0.5, 0.6) is 0 Å². The van der Waals surface area contributed by atoms with Crippen LogP contribution in [0.1, 0.15) is 42.2 Å². The van der Waals surface area contributed by atoms with Gasteiger partial charge in [-0.05, 0) is 18.6 Å². The molecule has 0 aliphatic rings. The first kappa shape index (κ1) is 16.9. The molecule has 2 aromatic rings. The molecule has 5 nitrogen and oxygen atoms in total. The molecule has 1 aromatic carbocycles. The van der Waals surface area contributed by atoms with Crippen LogP contribution < -0.4 is 10.6 Å². The van der Waals surface area contributed by atoms with Gasteiger partial charge in [0.1, 0.15) is 11.5 Å². The van der Waals surface area contributed by atoms with Crippen LogP contribution in [0.15, 0.2) is 36.5 Å². The molecule has 2 N–H and O–H groups in total. The molecular weight excluding hydrogens is 295 g/mol. The zero-order valence-corrected chi connectivity index (χ0v) is 13.2. The minimum absolute atomic E-state index is 0.120. The van der Waals surface area contributed by atoms with Crippen LogP contribution in [-0.4, -0.2) is 22.4 Å². The lowest BCUT2D eigenvalue weighted by Crippen LogP contribution is -2.24. The van der Waals surface area contributed by atoms with Gasteiger partial charge in [0.05, 0.1) is 0 Å². The van der Waals surface area contributed by atoms with Crippen LogP contribution in [0.25, 0.3) is 0 Å². The molecule has 0 aliphatic heterocycles. The molecule has 23 heavy (non-hydrogen) atoms. The number of hydrogen-bond donors (Lipinski definition) is 2. The summed E-state index contributed by atoms with van der Waals surface area (Å²) in [6.07, 6.45) is 4.84. The van der Waals surface area contributed by atoms with E-state index in [0.717, 1.165) is 25.8 Å². The van der Waals surface area contributed by atoms with E-state index in [9.17, 15) is 9.18 Å². The van der Waals surface area contributed by atoms with Crippen LogP contribution in [-0.2, 0) is 6.54 Å². The van der Waals surface area contributed by atoms with Gasteiger partial charge in [-0.3, -0.25) is 4.79 Å². The van der Waals surface area contributed by atoms with Crippen LogP contribution in [0.2, 0.25) is 0 Å². The number of unbranched alkanes of at least 4 members (excludes halogenated alkanes) is 2. The molecule has 122 valence electrons. The molecule has 6 heteroatoms. The Morgan fingerprint density at radius 2 is 2.04 bits per heavy atom. The number of rotatable bonds is 8. The van der Waals surface area contributed by atoms with Crippen LogP contribution in [0.3, 0.4) is 0 Å². The molecule has 0 fully saturated rings. The average molecular weight is 316 g/mol. The van der Waals surface area contributed by atoms with Crippen LogP contribution in [0, 0.1) is 5.82 Å². The van der Waals surface area contributed by atoms with Crippen molar-refractivity contribution in [3.05, 3.63) is 53.6 Å². The summed E-state index contributed by atoms with van der Waals surface area (Å²) in [5, 5.41) is 5.76. The van der Waals surface area contributed by atoms with Gasteiger partial charge in [0.15, 0.2) is 0 Å². The minimum Gasteiger partial charge on any atom is -0.354 e. The smallest absolute Gasteiger partial charge is 0.270 e. The highest BCUT2D eigenvalue weighted by Gasteiger charge is 2.09. The van der Waals surface area contributed by atoms with Gasteiger partial charge in [0.2, 0.25) is 5.95 Å². The molecule has 0 saturated heterocycles. The lowest BCUT2D eigenvalue weighted by molar-refractivity contribution is 0.0945. The van der Waals surface area contributed by atoms with E-state index in [1.165, 1.54) is 18.3 Å². The molecule has 1 amide bonds. The summed E-state index contributed by atoms with van der Waals surface area (Å²) in [5.74, 6) is -0.263. The summed E-state index contributed by atoms with van der Waals surface area (Å²) in [4.78, 5) is 20.4. The summed E-state index contributed by atoms with van der Waals surface area (Å²) in [5.41, 5.74) is 0.696. The van der Waals surface area contributed by atoms with Crippen LogP contribution >= 0.6 is 0 Å². The third-order valence-electron chi connectivity index (χ3n) is 3.35. The first-order chi connectivity index (χ1) is 11.2. The molecule has 0 atom stereocenters. The van der Waals surface area contributed by atoms with Gasteiger partial charge in [-0.25, -0.2) is 14.4 Å². The molecular formula is C17H21FN4O. The third kappa shape index (κ3) is 5.32. The number of amides is 1. The number of aromatic nitrogens is 2. The predicted octanol–water partition coefficient (Wildman–Crippen LogP) is 3.15. The highest BCUT2D eigenvalue weighted by molar-refractivity contribution is 5.92. The topological polar surface area (TPSA) is 66.9 Å². The van der Waals surface area contributed by atoms with E-state index in [-0.39, 0.29) is 24.0 Å². The zero-order valence-electron chi connectivity index (χ0n) is 13.2. The van der Waals surface area contributed by atoms with Crippen molar-refractivity contribution in [2.24, 2.45) is 0 Å². The molecule has 0 bridgehead atoms. The van der Waals surface area contributed by atoms with E-state index >= 15 is 0 Å². The van der Waals surface area contributed by atoms with Gasteiger partial charge < -0.3 is 10.6 Å². The standard InChI is InChI=1S/C17H21FN4O/c1-2-3-6-10-19-17-20-11-9-15(22-17)16(23)21-12-13-7-4-5-8-14(13)18/h4-5,7-9,11H,2-3,6,10,12H2,1H3,(H,21,23)(H,19,20,22). The van der Waals surface area contributed by atoms with E-state index in [4.69, 9.17) is 0 Å². The number of carbonyl (C=O) groups excluding carboxylic acids is 1. The van der Waals surface area contributed by atoms with Crippen molar-refractivity contribution in [1.82, 2.24) is 15.3 Å². The highest BCUT2D eigenvalue weighted by Crippen LogP contribution is 2.07. The zero-order chi connectivity index (χ0) is 16.5. The molecule has 1 heterocycles. The van der Waals surface area contributed by atoms with Gasteiger partial charge >= 0.3 is 0 Å². The second-order valence-electron chi connectivity index (χ2n) is 5.17. The number of anilines is 1. The Balaban J connectivity index is 1.90. The van der Waals surface area contributed by atoms with E-state index in [1.54, 1.807) is 18.2 Å². The number of nitrogens with one attached hydrogen (secondary N) is 2. The summed E-state index contributed by atoms with van der Waals surface area (Å²) < 4.78 is 13.5. The highest BCUT2D eigenvalue weighted by atomic mass is 19.1. The number of nitrogens with zero attached hydrogens (tertiary/aromatic N) is 2. The van der Waals surface area contributed by atoms with Gasteiger partial charge in [-0.1, -0.05) is 38.0 Å². The Morgan fingerprint density at radius 1 is 1.22 bits per heavy atom. The summed E-state index contributed by atoms with van der Waals surface area (Å²) in [7, 11) is 0. The first-order valence-corrected chi connectivity index (χ1v) is 7.79. The number of benzene rings is 1. The molecule has 0 radical (unpaired) electrons. The summed E-state index contributed by atoms with van der Waals surface area (Å²) in [6, 6.07) is 7.88. The third-order valence-corrected chi connectivity index (χ3v) is 3.35. The molecule has 0 saturated carbocycles. The van der Waals surface area contributed by atoms with Crippen molar-refractivity contribution in [1.29, 1.82) is 0 Å². The van der Waals surface area contributed by atoms with Crippen molar-refractivity contribution in [2.45, 2.75) is 32.7 Å². The fourth-order valence-corrected chi connectivity index (χ4v) is 2.05. The lowest BCUT2D eigenvalue weighted by atomic mass is 10.2. The maximum absolute atomic E-state index is 13.5. The lowest BCUT2D eigenvalue weighted by Gasteiger charge is -2.08. The van der Waals surface area contributed by atoms with Gasteiger partial charge in [0.25, 0.3) is 5.91 Å². The van der Waals surface area contributed by atoms with Crippen molar-refractivity contribution in [2.75, 3.05) is 11.9 Å². The van der Waals surface area contributed by atoms with E-state index in [0.29, 0.717) is 11.5 Å². The fourth-order valence-electron chi connectivity index (χ4n) is 2.05. The van der Waals surface area contributed by atoms with Gasteiger partial charge in [0, 0.05) is 24.8 Å². The molecule has 0 spiro atoms. The number of halogens is 1. The second kappa shape index (κ2) is 8.82. The first-order valence-electron chi connectivity index (χ1n) is 7.79. The number of carbonyl (C=O) groups is 1. The second-order valence-corrected chi connectivity index (χ2v) is 5.17. The van der Waals surface area contributed by atoms with Crippen molar-refractivity contribution in [3.8, 4) is 0 Å². The largest absolute Gasteiger partial charge is 0.354 e. The fraction of sp³-hybridized carbons (Fsp3) is 0.353. The molecule has 1 aromatic heterocycles.